The van der Waals surface area contributed by atoms with Gasteiger partial charge in [0.25, 0.3) is 0 Å². The molecular formula is C7H11NO. The highest BCUT2D eigenvalue weighted by Crippen LogP contribution is 2.36. The monoisotopic (exact) mass is 125 g/mol. The Morgan fingerprint density at radius 2 is 1.78 bits per heavy atom. The molecule has 2 rings (SSSR count). The van der Waals surface area contributed by atoms with E-state index in [1.807, 2.05) is 0 Å². The van der Waals surface area contributed by atoms with Crippen molar-refractivity contribution in [2.75, 3.05) is 0 Å². The summed E-state index contributed by atoms with van der Waals surface area (Å²) in [6, 6.07) is 0. The second kappa shape index (κ2) is 1.49. The Hall–Kier alpha value is -0.530. The van der Waals surface area contributed by atoms with Crippen molar-refractivity contribution < 1.29 is 4.79 Å². The van der Waals surface area contributed by atoms with Crippen LogP contribution in [0.2, 0.25) is 0 Å². The minimum Gasteiger partial charge on any atom is -0.340 e. The Kier molecular flexibility index (Phi) is 0.875. The maximum atomic E-state index is 10.8. The van der Waals surface area contributed by atoms with Gasteiger partial charge in [-0.15, -0.1) is 0 Å². The molecule has 1 spiro atoms. The summed E-state index contributed by atoms with van der Waals surface area (Å²) in [6.45, 7) is 0. The Morgan fingerprint density at radius 1 is 1.22 bits per heavy atom. The van der Waals surface area contributed by atoms with E-state index in [0.717, 1.165) is 12.8 Å². The van der Waals surface area contributed by atoms with Crippen LogP contribution in [-0.4, -0.2) is 11.4 Å². The van der Waals surface area contributed by atoms with Crippen molar-refractivity contribution >= 4 is 5.91 Å². The molecule has 0 aromatic heterocycles. The molecule has 1 saturated heterocycles. The van der Waals surface area contributed by atoms with Crippen LogP contribution in [0.25, 0.3) is 0 Å². The van der Waals surface area contributed by atoms with E-state index >= 15 is 0 Å². The van der Waals surface area contributed by atoms with E-state index in [4.69, 9.17) is 0 Å². The molecule has 50 valence electrons. The van der Waals surface area contributed by atoms with E-state index < -0.39 is 0 Å². The fraction of sp³-hybridized carbons (Fsp3) is 0.857. The number of carbonyl (C=O) groups excluding carboxylic acids is 1. The van der Waals surface area contributed by atoms with Gasteiger partial charge in [0.1, 0.15) is 5.54 Å². The van der Waals surface area contributed by atoms with Crippen molar-refractivity contribution in [3.05, 3.63) is 0 Å². The highest BCUT2D eigenvalue weighted by Gasteiger charge is 2.52. The molecule has 9 heavy (non-hydrogen) atoms. The summed E-state index contributed by atoms with van der Waals surface area (Å²) in [5.74, 6) is 0.294. The Labute approximate surface area is 54.6 Å². The molecule has 0 aromatic carbocycles. The minimum absolute atomic E-state index is 0.00174. The normalized spacial score (nSPS) is 30.0. The molecule has 1 N–H and O–H groups in total. The number of carbonyl (C=O) groups is 1. The maximum absolute atomic E-state index is 10.8. The molecule has 2 aliphatic rings. The molecular weight excluding hydrogens is 114 g/mol. The molecule has 0 atom stereocenters. The van der Waals surface area contributed by atoms with Crippen LogP contribution in [0.1, 0.15) is 32.1 Å². The molecule has 2 fully saturated rings. The van der Waals surface area contributed by atoms with Crippen LogP contribution in [0, 0.1) is 0 Å². The molecule has 0 unspecified atom stereocenters. The predicted molar refractivity (Wildman–Crippen MR) is 34.0 cm³/mol. The van der Waals surface area contributed by atoms with Crippen molar-refractivity contribution in [3.63, 3.8) is 0 Å². The van der Waals surface area contributed by atoms with Crippen LogP contribution in [0.5, 0.6) is 0 Å². The van der Waals surface area contributed by atoms with Crippen molar-refractivity contribution in [1.29, 1.82) is 0 Å². The van der Waals surface area contributed by atoms with E-state index in [1.54, 1.807) is 0 Å². The zero-order valence-electron chi connectivity index (χ0n) is 5.44. The van der Waals surface area contributed by atoms with E-state index in [0.29, 0.717) is 5.91 Å². The number of amides is 1. The lowest BCUT2D eigenvalue weighted by Gasteiger charge is -2.15. The van der Waals surface area contributed by atoms with E-state index in [-0.39, 0.29) is 5.54 Å². The SMILES string of the molecule is O=C1NC12CCCCC2. The second-order valence-corrected chi connectivity index (χ2v) is 3.10. The molecule has 1 aliphatic carbocycles. The van der Waals surface area contributed by atoms with E-state index in [2.05, 4.69) is 5.32 Å². The first-order valence-corrected chi connectivity index (χ1v) is 3.66. The molecule has 2 nitrogen and oxygen atoms in total. The third-order valence-electron chi connectivity index (χ3n) is 2.43. The summed E-state index contributed by atoms with van der Waals surface area (Å²) in [6.07, 6.45) is 5.96. The summed E-state index contributed by atoms with van der Waals surface area (Å²) in [4.78, 5) is 10.8. The number of nitrogens with one attached hydrogen (secondary N) is 1. The summed E-state index contributed by atoms with van der Waals surface area (Å²) in [5, 5.41) is 2.91. The molecule has 0 aromatic rings. The van der Waals surface area contributed by atoms with Crippen molar-refractivity contribution in [3.8, 4) is 0 Å². The minimum atomic E-state index is -0.00174. The third-order valence-corrected chi connectivity index (χ3v) is 2.43. The second-order valence-electron chi connectivity index (χ2n) is 3.10. The van der Waals surface area contributed by atoms with Gasteiger partial charge < -0.3 is 5.32 Å². The lowest BCUT2D eigenvalue weighted by atomic mass is 9.89. The molecule has 2 heteroatoms. The summed E-state index contributed by atoms with van der Waals surface area (Å²) >= 11 is 0. The first-order chi connectivity index (χ1) is 4.33. The fourth-order valence-electron chi connectivity index (χ4n) is 1.69. The van der Waals surface area contributed by atoms with Crippen LogP contribution >= 0.6 is 0 Å². The Balaban J connectivity index is 2.04. The largest absolute Gasteiger partial charge is 0.340 e. The third kappa shape index (κ3) is 0.655. The quantitative estimate of drug-likeness (QED) is 0.478. The van der Waals surface area contributed by atoms with Crippen LogP contribution in [0.3, 0.4) is 0 Å². The van der Waals surface area contributed by atoms with Crippen LogP contribution < -0.4 is 5.32 Å². The Morgan fingerprint density at radius 3 is 2.11 bits per heavy atom. The van der Waals surface area contributed by atoms with Crippen molar-refractivity contribution in [2.24, 2.45) is 0 Å². The van der Waals surface area contributed by atoms with Gasteiger partial charge in [-0.1, -0.05) is 19.3 Å². The molecule has 0 bridgehead atoms. The van der Waals surface area contributed by atoms with Crippen molar-refractivity contribution in [2.45, 2.75) is 37.6 Å². The van der Waals surface area contributed by atoms with Crippen LogP contribution in [0.15, 0.2) is 0 Å². The standard InChI is InChI=1S/C7H11NO/c9-6-7(8-6)4-2-1-3-5-7/h1-5H2,(H,8,9). The zero-order valence-corrected chi connectivity index (χ0v) is 5.44. The maximum Gasteiger partial charge on any atom is 0.246 e. The van der Waals surface area contributed by atoms with Gasteiger partial charge in [0, 0.05) is 0 Å². The highest BCUT2D eigenvalue weighted by molar-refractivity contribution is 6.02. The lowest BCUT2D eigenvalue weighted by Crippen LogP contribution is -2.19. The van der Waals surface area contributed by atoms with Gasteiger partial charge in [0.05, 0.1) is 0 Å². The summed E-state index contributed by atoms with van der Waals surface area (Å²) in [7, 11) is 0. The number of rotatable bonds is 0. The predicted octanol–water partition coefficient (Wildman–Crippen LogP) is 0.819. The molecule has 1 aliphatic heterocycles. The van der Waals surface area contributed by atoms with Gasteiger partial charge in [0.15, 0.2) is 0 Å². The average molecular weight is 125 g/mol. The summed E-state index contributed by atoms with van der Waals surface area (Å²) in [5.41, 5.74) is -0.00174. The molecule has 1 saturated carbocycles. The van der Waals surface area contributed by atoms with E-state index in [9.17, 15) is 4.79 Å². The van der Waals surface area contributed by atoms with Gasteiger partial charge in [-0.05, 0) is 12.8 Å². The average Bonchev–Trinajstić information content (AvgIpc) is 2.44. The number of hydrogen-bond acceptors (Lipinski definition) is 1. The van der Waals surface area contributed by atoms with Crippen LogP contribution in [-0.2, 0) is 4.79 Å². The molecule has 0 radical (unpaired) electrons. The molecule has 1 amide bonds. The zero-order chi connectivity index (χ0) is 6.32. The van der Waals surface area contributed by atoms with Crippen LogP contribution in [0.4, 0.5) is 0 Å². The first kappa shape index (κ1) is 5.27. The van der Waals surface area contributed by atoms with Gasteiger partial charge in [-0.3, -0.25) is 4.79 Å². The smallest absolute Gasteiger partial charge is 0.246 e. The Bertz CT molecular complexity index is 147. The molecule has 1 heterocycles. The van der Waals surface area contributed by atoms with Gasteiger partial charge in [-0.2, -0.15) is 0 Å². The van der Waals surface area contributed by atoms with Gasteiger partial charge in [-0.25, -0.2) is 0 Å². The highest BCUT2D eigenvalue weighted by atomic mass is 16.2. The lowest BCUT2D eigenvalue weighted by molar-refractivity contribution is -0.112. The summed E-state index contributed by atoms with van der Waals surface area (Å²) < 4.78 is 0. The van der Waals surface area contributed by atoms with Gasteiger partial charge >= 0.3 is 0 Å². The first-order valence-electron chi connectivity index (χ1n) is 3.66. The fourth-order valence-corrected chi connectivity index (χ4v) is 1.69. The number of hydrogen-bond donors (Lipinski definition) is 1. The van der Waals surface area contributed by atoms with Crippen molar-refractivity contribution in [1.82, 2.24) is 5.32 Å². The van der Waals surface area contributed by atoms with E-state index in [1.165, 1.54) is 19.3 Å². The van der Waals surface area contributed by atoms with Gasteiger partial charge in [0.2, 0.25) is 5.91 Å². The topological polar surface area (TPSA) is 39.0 Å².